The Hall–Kier alpha value is -1.85. The highest BCUT2D eigenvalue weighted by molar-refractivity contribution is 5.87. The molecule has 98 valence electrons. The minimum atomic E-state index is -4.98. The van der Waals surface area contributed by atoms with E-state index in [0.29, 0.717) is 5.56 Å². The van der Waals surface area contributed by atoms with Gasteiger partial charge in [-0.15, -0.1) is 0 Å². The molecule has 0 amide bonds. The van der Waals surface area contributed by atoms with Crippen molar-refractivity contribution in [3.63, 3.8) is 0 Å². The van der Waals surface area contributed by atoms with E-state index in [-0.39, 0.29) is 6.42 Å². The second kappa shape index (κ2) is 5.66. The number of alkyl halides is 3. The zero-order valence-corrected chi connectivity index (χ0v) is 9.28. The van der Waals surface area contributed by atoms with E-state index in [4.69, 9.17) is 5.11 Å². The molecule has 0 fully saturated rings. The average Bonchev–Trinajstić information content (AvgIpc) is 2.28. The number of hydrogen-bond donors (Lipinski definition) is 1. The lowest BCUT2D eigenvalue weighted by atomic mass is 9.94. The molecule has 1 atom stereocenters. The minimum Gasteiger partial charge on any atom is -0.481 e. The van der Waals surface area contributed by atoms with E-state index in [1.54, 1.807) is 30.3 Å². The highest BCUT2D eigenvalue weighted by Crippen LogP contribution is 2.22. The second-order valence-electron chi connectivity index (χ2n) is 3.85. The molecule has 1 unspecified atom stereocenters. The molecule has 0 bridgehead atoms. The summed E-state index contributed by atoms with van der Waals surface area (Å²) in [6, 6.07) is 8.22. The van der Waals surface area contributed by atoms with Crippen molar-refractivity contribution in [2.45, 2.75) is 19.0 Å². The van der Waals surface area contributed by atoms with Crippen LogP contribution in [0, 0.1) is 5.92 Å². The highest BCUT2D eigenvalue weighted by Gasteiger charge is 2.40. The summed E-state index contributed by atoms with van der Waals surface area (Å²) in [5, 5.41) is 8.83. The van der Waals surface area contributed by atoms with Crippen LogP contribution in [0.5, 0.6) is 0 Å². The number of ketones is 1. The van der Waals surface area contributed by atoms with Crippen molar-refractivity contribution >= 4 is 11.8 Å². The van der Waals surface area contributed by atoms with Crippen LogP contribution in [0.25, 0.3) is 0 Å². The molecule has 0 radical (unpaired) electrons. The lowest BCUT2D eigenvalue weighted by Gasteiger charge is -2.12. The number of aliphatic carboxylic acids is 1. The minimum absolute atomic E-state index is 0.0992. The first-order chi connectivity index (χ1) is 8.30. The second-order valence-corrected chi connectivity index (χ2v) is 3.85. The van der Waals surface area contributed by atoms with E-state index in [1.165, 1.54) is 0 Å². The van der Waals surface area contributed by atoms with Gasteiger partial charge in [0.15, 0.2) is 0 Å². The largest absolute Gasteiger partial charge is 0.481 e. The summed E-state index contributed by atoms with van der Waals surface area (Å²) in [4.78, 5) is 21.6. The fourth-order valence-corrected chi connectivity index (χ4v) is 1.48. The van der Waals surface area contributed by atoms with Gasteiger partial charge in [0, 0.05) is 6.42 Å². The number of benzene rings is 1. The van der Waals surface area contributed by atoms with Gasteiger partial charge in [-0.2, -0.15) is 13.2 Å². The molecule has 0 heterocycles. The van der Waals surface area contributed by atoms with Crippen LogP contribution >= 0.6 is 0 Å². The van der Waals surface area contributed by atoms with Crippen LogP contribution in [0.4, 0.5) is 13.2 Å². The van der Waals surface area contributed by atoms with Gasteiger partial charge in [-0.1, -0.05) is 30.3 Å². The molecule has 1 aromatic rings. The number of halogens is 3. The Bertz CT molecular complexity index is 426. The van der Waals surface area contributed by atoms with E-state index in [0.717, 1.165) is 0 Å². The van der Waals surface area contributed by atoms with Crippen LogP contribution in [-0.2, 0) is 16.0 Å². The van der Waals surface area contributed by atoms with Crippen LogP contribution in [0.1, 0.15) is 12.0 Å². The molecule has 1 aromatic carbocycles. The standard InChI is InChI=1S/C12H11F3O3/c13-12(14,15)10(16)7-9(11(17)18)6-8-4-2-1-3-5-8/h1-5,9H,6-7H2,(H,17,18). The SMILES string of the molecule is O=C(O)C(CC(=O)C(F)(F)F)Cc1ccccc1. The zero-order valence-electron chi connectivity index (χ0n) is 9.28. The Kier molecular flexibility index (Phi) is 4.47. The summed E-state index contributed by atoms with van der Waals surface area (Å²) in [5.74, 6) is -4.77. The third-order valence-electron chi connectivity index (χ3n) is 2.42. The first kappa shape index (κ1) is 14.2. The Morgan fingerprint density at radius 3 is 2.17 bits per heavy atom. The van der Waals surface area contributed by atoms with Gasteiger partial charge in [0.1, 0.15) is 0 Å². The Balaban J connectivity index is 2.73. The molecule has 0 aliphatic heterocycles. The third-order valence-corrected chi connectivity index (χ3v) is 2.42. The first-order valence-electron chi connectivity index (χ1n) is 5.17. The van der Waals surface area contributed by atoms with Gasteiger partial charge in [-0.05, 0) is 12.0 Å². The van der Waals surface area contributed by atoms with Crippen LogP contribution in [0.2, 0.25) is 0 Å². The number of carbonyl (C=O) groups is 2. The van der Waals surface area contributed by atoms with Gasteiger partial charge < -0.3 is 5.11 Å². The Morgan fingerprint density at radius 1 is 1.17 bits per heavy atom. The lowest BCUT2D eigenvalue weighted by molar-refractivity contribution is -0.173. The van der Waals surface area contributed by atoms with Crippen molar-refractivity contribution in [2.75, 3.05) is 0 Å². The number of carboxylic acid groups (broad SMARTS) is 1. The number of carbonyl (C=O) groups excluding carboxylic acids is 1. The Morgan fingerprint density at radius 2 is 1.72 bits per heavy atom. The molecular formula is C12H11F3O3. The van der Waals surface area contributed by atoms with Gasteiger partial charge in [-0.3, -0.25) is 9.59 Å². The zero-order chi connectivity index (χ0) is 13.8. The number of hydrogen-bond acceptors (Lipinski definition) is 2. The Labute approximate surface area is 101 Å². The van der Waals surface area contributed by atoms with Crippen molar-refractivity contribution in [3.8, 4) is 0 Å². The van der Waals surface area contributed by atoms with Crippen molar-refractivity contribution in [3.05, 3.63) is 35.9 Å². The van der Waals surface area contributed by atoms with Crippen molar-refractivity contribution in [1.82, 2.24) is 0 Å². The van der Waals surface area contributed by atoms with E-state index >= 15 is 0 Å². The molecule has 18 heavy (non-hydrogen) atoms. The van der Waals surface area contributed by atoms with E-state index in [2.05, 4.69) is 0 Å². The molecule has 0 spiro atoms. The van der Waals surface area contributed by atoms with Crippen molar-refractivity contribution < 1.29 is 27.9 Å². The molecule has 0 saturated heterocycles. The van der Waals surface area contributed by atoms with E-state index < -0.39 is 30.3 Å². The van der Waals surface area contributed by atoms with Gasteiger partial charge in [0.2, 0.25) is 5.78 Å². The van der Waals surface area contributed by atoms with E-state index in [9.17, 15) is 22.8 Å². The topological polar surface area (TPSA) is 54.4 Å². The summed E-state index contributed by atoms with van der Waals surface area (Å²) < 4.78 is 36.2. The van der Waals surface area contributed by atoms with E-state index in [1.807, 2.05) is 0 Å². The van der Waals surface area contributed by atoms with Gasteiger partial charge >= 0.3 is 12.1 Å². The van der Waals surface area contributed by atoms with Crippen LogP contribution in [0.3, 0.4) is 0 Å². The lowest BCUT2D eigenvalue weighted by Crippen LogP contribution is -2.29. The summed E-state index contributed by atoms with van der Waals surface area (Å²) in [7, 11) is 0. The fourth-order valence-electron chi connectivity index (χ4n) is 1.48. The normalized spacial score (nSPS) is 13.1. The van der Waals surface area contributed by atoms with Gasteiger partial charge in [0.05, 0.1) is 5.92 Å². The maximum Gasteiger partial charge on any atom is 0.449 e. The molecule has 1 N–H and O–H groups in total. The monoisotopic (exact) mass is 260 g/mol. The summed E-state index contributed by atoms with van der Waals surface area (Å²) in [6.45, 7) is 0. The molecule has 1 rings (SSSR count). The fraction of sp³-hybridized carbons (Fsp3) is 0.333. The number of rotatable bonds is 5. The van der Waals surface area contributed by atoms with Crippen molar-refractivity contribution in [2.24, 2.45) is 5.92 Å². The van der Waals surface area contributed by atoms with Crippen molar-refractivity contribution in [1.29, 1.82) is 0 Å². The smallest absolute Gasteiger partial charge is 0.449 e. The average molecular weight is 260 g/mol. The molecular weight excluding hydrogens is 249 g/mol. The van der Waals surface area contributed by atoms with Crippen LogP contribution in [-0.4, -0.2) is 23.0 Å². The molecule has 0 saturated carbocycles. The molecule has 0 aliphatic rings. The molecule has 0 aromatic heterocycles. The van der Waals surface area contributed by atoms with Gasteiger partial charge in [0.25, 0.3) is 0 Å². The molecule has 6 heteroatoms. The number of Topliss-reactive ketones (excluding diaryl/α,β-unsaturated/α-hetero) is 1. The molecule has 3 nitrogen and oxygen atoms in total. The predicted molar refractivity (Wildman–Crippen MR) is 57.0 cm³/mol. The van der Waals surface area contributed by atoms with Crippen LogP contribution < -0.4 is 0 Å². The predicted octanol–water partition coefficient (Wildman–Crippen LogP) is 2.45. The maximum atomic E-state index is 12.1. The summed E-state index contributed by atoms with van der Waals surface area (Å²) >= 11 is 0. The number of carboxylic acids is 1. The third kappa shape index (κ3) is 4.20. The quantitative estimate of drug-likeness (QED) is 0.884. The summed E-state index contributed by atoms with van der Waals surface area (Å²) in [6.07, 6.45) is -6.11. The first-order valence-corrected chi connectivity index (χ1v) is 5.17. The molecule has 0 aliphatic carbocycles. The summed E-state index contributed by atoms with van der Waals surface area (Å²) in [5.41, 5.74) is 0.583. The van der Waals surface area contributed by atoms with Gasteiger partial charge in [-0.25, -0.2) is 0 Å². The maximum absolute atomic E-state index is 12.1. The van der Waals surface area contributed by atoms with Crippen LogP contribution in [0.15, 0.2) is 30.3 Å². The highest BCUT2D eigenvalue weighted by atomic mass is 19.4.